The van der Waals surface area contributed by atoms with Gasteiger partial charge in [-0.3, -0.25) is 4.90 Å². The number of likely N-dealkylation sites (tertiary alicyclic amines) is 1. The molecule has 1 aliphatic heterocycles. The molecule has 0 amide bonds. The van der Waals surface area contributed by atoms with E-state index in [0.29, 0.717) is 24.7 Å². The number of nitrogens with zero attached hydrogens (tertiary/aromatic N) is 3. The van der Waals surface area contributed by atoms with E-state index in [1.54, 1.807) is 0 Å². The first-order chi connectivity index (χ1) is 11.8. The molecule has 4 rings (SSSR count). The Morgan fingerprint density at radius 2 is 1.75 bits per heavy atom. The summed E-state index contributed by atoms with van der Waals surface area (Å²) in [6.45, 7) is 1.37. The van der Waals surface area contributed by atoms with E-state index >= 15 is 0 Å². The van der Waals surface area contributed by atoms with Crippen molar-refractivity contribution in [3.05, 3.63) is 72.1 Å². The van der Waals surface area contributed by atoms with Gasteiger partial charge in [0.2, 0.25) is 11.7 Å². The van der Waals surface area contributed by atoms with Crippen LogP contribution in [-0.2, 0) is 6.54 Å². The third-order valence-electron chi connectivity index (χ3n) is 4.37. The van der Waals surface area contributed by atoms with Crippen molar-refractivity contribution in [3.8, 4) is 11.4 Å². The first-order valence-electron chi connectivity index (χ1n) is 8.14. The molecular weight excluding hydrogens is 302 g/mol. The minimum Gasteiger partial charge on any atom is -0.392 e. The molecule has 1 aromatic heterocycles. The molecular formula is C19H19N3O2. The topological polar surface area (TPSA) is 62.4 Å². The van der Waals surface area contributed by atoms with Crippen molar-refractivity contribution in [1.29, 1.82) is 0 Å². The van der Waals surface area contributed by atoms with Gasteiger partial charge in [-0.15, -0.1) is 0 Å². The summed E-state index contributed by atoms with van der Waals surface area (Å²) >= 11 is 0. The van der Waals surface area contributed by atoms with Gasteiger partial charge in [-0.25, -0.2) is 0 Å². The first kappa shape index (κ1) is 15.1. The molecule has 122 valence electrons. The zero-order chi connectivity index (χ0) is 16.4. The van der Waals surface area contributed by atoms with Crippen LogP contribution in [0.25, 0.3) is 11.4 Å². The molecule has 0 bridgehead atoms. The van der Waals surface area contributed by atoms with Crippen LogP contribution in [0.3, 0.4) is 0 Å². The summed E-state index contributed by atoms with van der Waals surface area (Å²) in [6.07, 6.45) is 0.245. The summed E-state index contributed by atoms with van der Waals surface area (Å²) in [5, 5.41) is 14.2. The second-order valence-electron chi connectivity index (χ2n) is 6.14. The summed E-state index contributed by atoms with van der Waals surface area (Å²) < 4.78 is 5.51. The molecule has 0 radical (unpaired) electrons. The highest BCUT2D eigenvalue weighted by atomic mass is 16.5. The Hall–Kier alpha value is -2.50. The molecule has 1 fully saturated rings. The number of rotatable bonds is 4. The Bertz CT molecular complexity index is 789. The Labute approximate surface area is 140 Å². The first-order valence-corrected chi connectivity index (χ1v) is 8.14. The SMILES string of the molecule is O[C@@H]1C[C@@H](c2nc(-c3ccccc3)no2)N(Cc2ccccc2)C1. The van der Waals surface area contributed by atoms with Crippen molar-refractivity contribution >= 4 is 0 Å². The van der Waals surface area contributed by atoms with E-state index in [4.69, 9.17) is 4.52 Å². The maximum absolute atomic E-state index is 10.1. The predicted octanol–water partition coefficient (Wildman–Crippen LogP) is 3.04. The molecule has 1 saturated heterocycles. The van der Waals surface area contributed by atoms with Crippen LogP contribution in [-0.4, -0.2) is 32.8 Å². The van der Waals surface area contributed by atoms with Crippen LogP contribution in [0, 0.1) is 0 Å². The van der Waals surface area contributed by atoms with E-state index in [1.807, 2.05) is 48.5 Å². The fraction of sp³-hybridized carbons (Fsp3) is 0.263. The lowest BCUT2D eigenvalue weighted by atomic mass is 10.1. The Balaban J connectivity index is 1.57. The lowest BCUT2D eigenvalue weighted by Gasteiger charge is -2.21. The molecule has 1 N–H and O–H groups in total. The Kier molecular flexibility index (Phi) is 4.11. The summed E-state index contributed by atoms with van der Waals surface area (Å²) in [4.78, 5) is 6.75. The molecule has 0 aliphatic carbocycles. The molecule has 2 heterocycles. The highest BCUT2D eigenvalue weighted by molar-refractivity contribution is 5.53. The number of aliphatic hydroxyl groups excluding tert-OH is 1. The van der Waals surface area contributed by atoms with Gasteiger partial charge in [0, 0.05) is 18.7 Å². The lowest BCUT2D eigenvalue weighted by molar-refractivity contribution is 0.169. The molecule has 0 saturated carbocycles. The number of aliphatic hydroxyl groups is 1. The minimum absolute atomic E-state index is 0.0508. The third kappa shape index (κ3) is 3.09. The number of aromatic nitrogens is 2. The van der Waals surface area contributed by atoms with Gasteiger partial charge in [0.25, 0.3) is 0 Å². The molecule has 0 unspecified atom stereocenters. The summed E-state index contributed by atoms with van der Waals surface area (Å²) in [5.74, 6) is 1.16. The zero-order valence-electron chi connectivity index (χ0n) is 13.2. The summed E-state index contributed by atoms with van der Waals surface area (Å²) in [7, 11) is 0. The van der Waals surface area contributed by atoms with Gasteiger partial charge in [-0.2, -0.15) is 4.98 Å². The fourth-order valence-electron chi connectivity index (χ4n) is 3.20. The van der Waals surface area contributed by atoms with Crippen LogP contribution < -0.4 is 0 Å². The van der Waals surface area contributed by atoms with Crippen molar-refractivity contribution in [3.63, 3.8) is 0 Å². The van der Waals surface area contributed by atoms with Crippen molar-refractivity contribution in [2.75, 3.05) is 6.54 Å². The van der Waals surface area contributed by atoms with E-state index in [9.17, 15) is 5.11 Å². The minimum atomic E-state index is -0.370. The van der Waals surface area contributed by atoms with Crippen LogP contribution >= 0.6 is 0 Å². The van der Waals surface area contributed by atoms with Crippen LogP contribution in [0.15, 0.2) is 65.2 Å². The second-order valence-corrected chi connectivity index (χ2v) is 6.14. The predicted molar refractivity (Wildman–Crippen MR) is 90.0 cm³/mol. The number of benzene rings is 2. The lowest BCUT2D eigenvalue weighted by Crippen LogP contribution is -2.24. The van der Waals surface area contributed by atoms with Crippen LogP contribution in [0.1, 0.15) is 23.9 Å². The second kappa shape index (κ2) is 6.55. The molecule has 5 nitrogen and oxygen atoms in total. The van der Waals surface area contributed by atoms with Crippen molar-refractivity contribution in [1.82, 2.24) is 15.0 Å². The van der Waals surface area contributed by atoms with Crippen molar-refractivity contribution in [2.45, 2.75) is 25.1 Å². The van der Waals surface area contributed by atoms with Crippen LogP contribution in [0.4, 0.5) is 0 Å². The summed E-state index contributed by atoms with van der Waals surface area (Å²) in [5.41, 5.74) is 2.14. The molecule has 1 aliphatic rings. The third-order valence-corrected chi connectivity index (χ3v) is 4.37. The van der Waals surface area contributed by atoms with E-state index in [0.717, 1.165) is 12.1 Å². The highest BCUT2D eigenvalue weighted by Crippen LogP contribution is 2.33. The quantitative estimate of drug-likeness (QED) is 0.800. The summed E-state index contributed by atoms with van der Waals surface area (Å²) in [6, 6.07) is 20.0. The van der Waals surface area contributed by atoms with Crippen molar-refractivity contribution in [2.24, 2.45) is 0 Å². The molecule has 2 aromatic carbocycles. The average molecular weight is 321 g/mol. The van der Waals surface area contributed by atoms with Gasteiger partial charge in [-0.05, 0) is 12.0 Å². The van der Waals surface area contributed by atoms with Gasteiger partial charge in [0.05, 0.1) is 12.1 Å². The van der Waals surface area contributed by atoms with Crippen LogP contribution in [0.5, 0.6) is 0 Å². The van der Waals surface area contributed by atoms with Gasteiger partial charge >= 0.3 is 0 Å². The number of β-amino-alcohol motifs (C(OH)–C–C–N with tert-alkyl or cyclic N) is 1. The average Bonchev–Trinajstić information content (AvgIpc) is 3.23. The normalized spacial score (nSPS) is 21.2. The zero-order valence-corrected chi connectivity index (χ0v) is 13.2. The molecule has 0 spiro atoms. The highest BCUT2D eigenvalue weighted by Gasteiger charge is 2.35. The smallest absolute Gasteiger partial charge is 0.244 e. The maximum Gasteiger partial charge on any atom is 0.244 e. The molecule has 3 aromatic rings. The van der Waals surface area contributed by atoms with E-state index in [2.05, 4.69) is 27.2 Å². The number of hydrogen-bond acceptors (Lipinski definition) is 5. The van der Waals surface area contributed by atoms with Gasteiger partial charge in [0.1, 0.15) is 0 Å². The largest absolute Gasteiger partial charge is 0.392 e. The van der Waals surface area contributed by atoms with Gasteiger partial charge in [-0.1, -0.05) is 65.8 Å². The van der Waals surface area contributed by atoms with Gasteiger partial charge < -0.3 is 9.63 Å². The molecule has 5 heteroatoms. The molecule has 2 atom stereocenters. The Morgan fingerprint density at radius 1 is 1.04 bits per heavy atom. The van der Waals surface area contributed by atoms with E-state index in [1.165, 1.54) is 5.56 Å². The molecule has 24 heavy (non-hydrogen) atoms. The monoisotopic (exact) mass is 321 g/mol. The van der Waals surface area contributed by atoms with Crippen LogP contribution in [0.2, 0.25) is 0 Å². The maximum atomic E-state index is 10.1. The van der Waals surface area contributed by atoms with Crippen molar-refractivity contribution < 1.29 is 9.63 Å². The standard InChI is InChI=1S/C19H19N3O2/c23-16-11-17(22(13-16)12-14-7-3-1-4-8-14)19-20-18(21-24-19)15-9-5-2-6-10-15/h1-10,16-17,23H,11-13H2/t16-,17+/m1/s1. The number of hydrogen-bond donors (Lipinski definition) is 1. The Morgan fingerprint density at radius 3 is 2.50 bits per heavy atom. The van der Waals surface area contributed by atoms with E-state index < -0.39 is 0 Å². The van der Waals surface area contributed by atoms with Gasteiger partial charge in [0.15, 0.2) is 0 Å². The fourth-order valence-corrected chi connectivity index (χ4v) is 3.20. The van der Waals surface area contributed by atoms with E-state index in [-0.39, 0.29) is 12.1 Å².